The van der Waals surface area contributed by atoms with Crippen LogP contribution in [0, 0.1) is 6.57 Å². The summed E-state index contributed by atoms with van der Waals surface area (Å²) in [6.45, 7) is 11.2. The van der Waals surface area contributed by atoms with Crippen LogP contribution in [-0.4, -0.2) is 37.3 Å². The normalized spacial score (nSPS) is 10.7. The van der Waals surface area contributed by atoms with Gasteiger partial charge in [-0.3, -0.25) is 4.79 Å². The predicted octanol–water partition coefficient (Wildman–Crippen LogP) is 4.01. The lowest BCUT2D eigenvalue weighted by Gasteiger charge is -2.22. The minimum absolute atomic E-state index is 0.0594. The highest BCUT2D eigenvalue weighted by molar-refractivity contribution is 9.10. The Hall–Kier alpha value is -4.23. The number of nitrogens with two attached hydrogens (primary N) is 1. The Kier molecular flexibility index (Phi) is 6.06. The Labute approximate surface area is 197 Å². The monoisotopic (exact) mass is 503 g/mol. The van der Waals surface area contributed by atoms with E-state index in [2.05, 4.69) is 42.4 Å². The number of aromatic hydroxyl groups is 1. The number of phenolic OH excluding ortho intramolecular Hbond substituents is 1. The maximum atomic E-state index is 12.8. The summed E-state index contributed by atoms with van der Waals surface area (Å²) >= 11 is 3.27. The molecule has 0 saturated carbocycles. The zero-order valence-electron chi connectivity index (χ0n) is 17.3. The number of para-hydroxylation sites is 1. The number of rotatable bonds is 6. The van der Waals surface area contributed by atoms with Gasteiger partial charge in [0.15, 0.2) is 5.65 Å². The highest BCUT2D eigenvalue weighted by Crippen LogP contribution is 2.34. The molecule has 0 aliphatic rings. The Morgan fingerprint density at radius 3 is 2.70 bits per heavy atom. The number of hydrogen-bond donors (Lipinski definition) is 2. The van der Waals surface area contributed by atoms with E-state index in [0.717, 1.165) is 0 Å². The maximum absolute atomic E-state index is 12.8. The molecule has 0 aliphatic carbocycles. The minimum Gasteiger partial charge on any atom is -0.507 e. The fourth-order valence-corrected chi connectivity index (χ4v) is 3.65. The number of anilines is 2. The second kappa shape index (κ2) is 9.10. The first-order valence-electron chi connectivity index (χ1n) is 9.80. The van der Waals surface area contributed by atoms with Crippen LogP contribution < -0.4 is 10.6 Å². The lowest BCUT2D eigenvalue weighted by atomic mass is 10.1. The van der Waals surface area contributed by atoms with E-state index >= 15 is 0 Å². The smallest absolute Gasteiger partial charge is 0.256 e. The molecule has 0 spiro atoms. The molecule has 9 nitrogen and oxygen atoms in total. The third-order valence-electron chi connectivity index (χ3n) is 5.01. The van der Waals surface area contributed by atoms with Crippen LogP contribution in [0.3, 0.4) is 0 Å². The van der Waals surface area contributed by atoms with Gasteiger partial charge in [-0.15, -0.1) is 0 Å². The third kappa shape index (κ3) is 4.26. The molecule has 1 amide bonds. The molecule has 164 valence electrons. The Balaban J connectivity index is 1.75. The number of halogens is 1. The number of hydrogen-bond acceptors (Lipinski definition) is 6. The van der Waals surface area contributed by atoms with Gasteiger partial charge in [-0.2, -0.15) is 5.10 Å². The molecule has 3 N–H and O–H groups in total. The summed E-state index contributed by atoms with van der Waals surface area (Å²) in [6.07, 6.45) is 1.35. The molecule has 0 saturated heterocycles. The fraction of sp³-hybridized carbons (Fsp3) is 0.0870. The first-order chi connectivity index (χ1) is 15.9. The molecule has 0 atom stereocenters. The van der Waals surface area contributed by atoms with Crippen LogP contribution in [-0.2, 0) is 11.3 Å². The van der Waals surface area contributed by atoms with Gasteiger partial charge >= 0.3 is 0 Å². The molecule has 0 aliphatic heterocycles. The molecular weight excluding hydrogens is 486 g/mol. The van der Waals surface area contributed by atoms with Crippen molar-refractivity contribution in [1.82, 2.24) is 19.7 Å². The van der Waals surface area contributed by atoms with Crippen molar-refractivity contribution in [3.63, 3.8) is 0 Å². The summed E-state index contributed by atoms with van der Waals surface area (Å²) in [7, 11) is 0. The molecule has 10 heteroatoms. The number of benzene rings is 2. The summed E-state index contributed by atoms with van der Waals surface area (Å²) in [5, 5.41) is 15.3. The topological polar surface area (TPSA) is 115 Å². The Morgan fingerprint density at radius 1 is 1.24 bits per heavy atom. The van der Waals surface area contributed by atoms with Crippen molar-refractivity contribution < 1.29 is 9.90 Å². The summed E-state index contributed by atoms with van der Waals surface area (Å²) in [4.78, 5) is 25.9. The fourth-order valence-electron chi connectivity index (χ4n) is 3.40. The molecule has 0 unspecified atom stereocenters. The summed E-state index contributed by atoms with van der Waals surface area (Å²) in [5.74, 6) is -0.176. The van der Waals surface area contributed by atoms with Crippen LogP contribution in [0.4, 0.5) is 11.5 Å². The molecule has 4 rings (SSSR count). The van der Waals surface area contributed by atoms with Gasteiger partial charge < -0.3 is 15.7 Å². The lowest BCUT2D eigenvalue weighted by molar-refractivity contribution is -0.114. The SMILES string of the molecule is [C-]#[N+]C(=C)C(=O)N(CCn1nc(-c2ccc(Br)c(O)c2)c2c(N)ncnc21)c1ccccc1. The van der Waals surface area contributed by atoms with Crippen LogP contribution >= 0.6 is 15.9 Å². The number of carbonyl (C=O) groups is 1. The first kappa shape index (κ1) is 22.0. The summed E-state index contributed by atoms with van der Waals surface area (Å²) < 4.78 is 2.18. The number of fused-ring (bicyclic) bond motifs is 1. The molecule has 2 aromatic carbocycles. The molecule has 0 bridgehead atoms. The van der Waals surface area contributed by atoms with Crippen molar-refractivity contribution in [1.29, 1.82) is 0 Å². The van der Waals surface area contributed by atoms with E-state index in [-0.39, 0.29) is 30.4 Å². The van der Waals surface area contributed by atoms with Gasteiger partial charge in [0.2, 0.25) is 5.70 Å². The van der Waals surface area contributed by atoms with Crippen LogP contribution in [0.1, 0.15) is 0 Å². The van der Waals surface area contributed by atoms with E-state index in [1.54, 1.807) is 35.0 Å². The van der Waals surface area contributed by atoms with Crippen molar-refractivity contribution in [2.75, 3.05) is 17.2 Å². The van der Waals surface area contributed by atoms with Gasteiger partial charge in [0.1, 0.15) is 23.6 Å². The molecular formula is C23H18BrN7O2. The van der Waals surface area contributed by atoms with Crippen LogP contribution in [0.25, 0.3) is 27.1 Å². The predicted molar refractivity (Wildman–Crippen MR) is 129 cm³/mol. The Morgan fingerprint density at radius 2 is 2.00 bits per heavy atom. The van der Waals surface area contributed by atoms with E-state index in [4.69, 9.17) is 12.3 Å². The van der Waals surface area contributed by atoms with E-state index in [1.807, 2.05) is 18.2 Å². The lowest BCUT2D eigenvalue weighted by Crippen LogP contribution is -2.34. The third-order valence-corrected chi connectivity index (χ3v) is 5.68. The molecule has 33 heavy (non-hydrogen) atoms. The van der Waals surface area contributed by atoms with E-state index in [9.17, 15) is 9.90 Å². The zero-order valence-corrected chi connectivity index (χ0v) is 18.9. The summed E-state index contributed by atoms with van der Waals surface area (Å²) in [5.41, 5.74) is 8.24. The second-order valence-electron chi connectivity index (χ2n) is 7.05. The standard InChI is InChI=1S/C23H18BrN7O2/c1-14(26-2)23(33)30(16-6-4-3-5-7-16)10-11-31-22-19(21(25)27-13-28-22)20(29-31)15-8-9-17(24)18(32)12-15/h3-9,12-13,32H,1,10-11H2,(H2,25,27,28). The number of phenols is 1. The van der Waals surface area contributed by atoms with Gasteiger partial charge in [-0.05, 0) is 40.2 Å². The van der Waals surface area contributed by atoms with Crippen molar-refractivity contribution in [2.24, 2.45) is 0 Å². The number of amides is 1. The van der Waals surface area contributed by atoms with Crippen LogP contribution in [0.2, 0.25) is 0 Å². The van der Waals surface area contributed by atoms with Gasteiger partial charge in [-0.25, -0.2) is 19.5 Å². The van der Waals surface area contributed by atoms with Gasteiger partial charge in [0.25, 0.3) is 5.91 Å². The highest BCUT2D eigenvalue weighted by Gasteiger charge is 2.22. The van der Waals surface area contributed by atoms with Crippen molar-refractivity contribution >= 4 is 44.4 Å². The summed E-state index contributed by atoms with van der Waals surface area (Å²) in [6, 6.07) is 14.1. The van der Waals surface area contributed by atoms with Crippen molar-refractivity contribution in [3.8, 4) is 17.0 Å². The van der Waals surface area contributed by atoms with E-state index in [0.29, 0.717) is 32.5 Å². The van der Waals surface area contributed by atoms with Crippen molar-refractivity contribution in [2.45, 2.75) is 6.54 Å². The van der Waals surface area contributed by atoms with E-state index < -0.39 is 5.91 Å². The first-order valence-corrected chi connectivity index (χ1v) is 10.6. The molecule has 2 aromatic heterocycles. The Bertz CT molecular complexity index is 1410. The molecule has 0 radical (unpaired) electrons. The largest absolute Gasteiger partial charge is 0.507 e. The quantitative estimate of drug-likeness (QED) is 0.303. The van der Waals surface area contributed by atoms with Crippen LogP contribution in [0.15, 0.2) is 71.6 Å². The van der Waals surface area contributed by atoms with Gasteiger partial charge in [-0.1, -0.05) is 30.8 Å². The van der Waals surface area contributed by atoms with Crippen molar-refractivity contribution in [3.05, 3.63) is 83.0 Å². The second-order valence-corrected chi connectivity index (χ2v) is 7.90. The average molecular weight is 504 g/mol. The number of nitrogens with zero attached hydrogens (tertiary/aromatic N) is 6. The molecule has 2 heterocycles. The maximum Gasteiger partial charge on any atom is 0.256 e. The highest BCUT2D eigenvalue weighted by atomic mass is 79.9. The van der Waals surface area contributed by atoms with Gasteiger partial charge in [0, 0.05) is 17.8 Å². The minimum atomic E-state index is -0.486. The van der Waals surface area contributed by atoms with Gasteiger partial charge in [0.05, 0.1) is 23.0 Å². The van der Waals surface area contributed by atoms with E-state index in [1.165, 1.54) is 11.2 Å². The molecule has 4 aromatic rings. The molecule has 0 fully saturated rings. The number of carbonyl (C=O) groups excluding carboxylic acids is 1. The number of aromatic nitrogens is 4. The van der Waals surface area contributed by atoms with Crippen LogP contribution in [0.5, 0.6) is 5.75 Å². The zero-order chi connectivity index (χ0) is 23.5. The average Bonchev–Trinajstić information content (AvgIpc) is 3.21. The number of nitrogen functional groups attached to an aromatic ring is 1.